The van der Waals surface area contributed by atoms with Crippen LogP contribution in [0.2, 0.25) is 0 Å². The summed E-state index contributed by atoms with van der Waals surface area (Å²) in [5.41, 5.74) is 0.346. The number of rotatable bonds is 3. The van der Waals surface area contributed by atoms with Crippen LogP contribution in [-0.4, -0.2) is 60.2 Å². The summed E-state index contributed by atoms with van der Waals surface area (Å²) < 4.78 is 5.84. The van der Waals surface area contributed by atoms with Crippen LogP contribution in [0.4, 0.5) is 0 Å². The van der Waals surface area contributed by atoms with Gasteiger partial charge in [0.2, 0.25) is 0 Å². The van der Waals surface area contributed by atoms with E-state index in [1.54, 1.807) is 0 Å². The van der Waals surface area contributed by atoms with Gasteiger partial charge in [-0.1, -0.05) is 25.6 Å². The predicted octanol–water partition coefficient (Wildman–Crippen LogP) is 2.35. The maximum atomic E-state index is 5.84. The summed E-state index contributed by atoms with van der Waals surface area (Å²) in [4.78, 5) is 7.25. The van der Waals surface area contributed by atoms with E-state index in [9.17, 15) is 0 Å². The van der Waals surface area contributed by atoms with Gasteiger partial charge in [0.15, 0.2) is 5.17 Å². The van der Waals surface area contributed by atoms with Crippen molar-refractivity contribution in [3.05, 3.63) is 0 Å². The van der Waals surface area contributed by atoms with Crippen molar-refractivity contribution in [3.63, 3.8) is 0 Å². The average molecular weight is 311 g/mol. The first-order valence-electron chi connectivity index (χ1n) is 8.48. The molecule has 0 amide bonds. The number of amidine groups is 1. The number of thioether (sulfide) groups is 1. The number of hydrogen-bond acceptors (Lipinski definition) is 4. The molecule has 2 saturated heterocycles. The van der Waals surface area contributed by atoms with E-state index in [1.807, 2.05) is 11.8 Å². The number of hydrogen-bond donors (Lipinski definition) is 1. The van der Waals surface area contributed by atoms with Crippen molar-refractivity contribution >= 4 is 16.9 Å². The zero-order valence-corrected chi connectivity index (χ0v) is 14.3. The van der Waals surface area contributed by atoms with Crippen LogP contribution in [0, 0.1) is 5.92 Å². The first-order chi connectivity index (χ1) is 10.2. The molecule has 1 spiro atoms. The molecule has 0 aromatic carbocycles. The van der Waals surface area contributed by atoms with Gasteiger partial charge in [-0.2, -0.15) is 0 Å². The van der Waals surface area contributed by atoms with E-state index in [2.05, 4.69) is 24.1 Å². The van der Waals surface area contributed by atoms with Gasteiger partial charge in [-0.15, -0.1) is 0 Å². The summed E-state index contributed by atoms with van der Waals surface area (Å²) in [7, 11) is 0. The summed E-state index contributed by atoms with van der Waals surface area (Å²) in [6.07, 6.45) is 5.61. The van der Waals surface area contributed by atoms with Crippen molar-refractivity contribution in [2.24, 2.45) is 10.9 Å². The molecule has 3 fully saturated rings. The molecule has 3 aliphatic rings. The molecule has 1 atom stereocenters. The highest BCUT2D eigenvalue weighted by molar-refractivity contribution is 8.14. The molecule has 0 radical (unpaired) electrons. The van der Waals surface area contributed by atoms with E-state index in [4.69, 9.17) is 9.73 Å². The third-order valence-corrected chi connectivity index (χ3v) is 6.40. The van der Waals surface area contributed by atoms with Crippen LogP contribution in [0.15, 0.2) is 4.99 Å². The lowest BCUT2D eigenvalue weighted by atomic mass is 9.78. The van der Waals surface area contributed by atoms with Gasteiger partial charge in [-0.3, -0.25) is 9.89 Å². The molecule has 3 rings (SSSR count). The quantitative estimate of drug-likeness (QED) is 0.868. The fourth-order valence-electron chi connectivity index (χ4n) is 3.54. The van der Waals surface area contributed by atoms with Crippen molar-refractivity contribution in [2.45, 2.75) is 51.2 Å². The molecule has 0 aromatic heterocycles. The molecule has 0 bridgehead atoms. The fourth-order valence-corrected chi connectivity index (χ4v) is 4.77. The molecule has 1 saturated carbocycles. The smallest absolute Gasteiger partial charge is 0.157 e. The molecule has 2 aliphatic heterocycles. The van der Waals surface area contributed by atoms with Gasteiger partial charge >= 0.3 is 0 Å². The average Bonchev–Trinajstić information content (AvgIpc) is 2.92. The summed E-state index contributed by atoms with van der Waals surface area (Å²) in [5.74, 6) is 2.10. The topological polar surface area (TPSA) is 36.9 Å². The maximum Gasteiger partial charge on any atom is 0.157 e. The minimum absolute atomic E-state index is 0.275. The number of ether oxygens (including phenoxy) is 1. The summed E-state index contributed by atoms with van der Waals surface area (Å²) in [5, 5.41) is 4.89. The fraction of sp³-hybridized carbons (Fsp3) is 0.938. The molecule has 1 N–H and O–H groups in total. The molecular weight excluding hydrogens is 282 g/mol. The van der Waals surface area contributed by atoms with Crippen molar-refractivity contribution in [1.82, 2.24) is 10.2 Å². The van der Waals surface area contributed by atoms with Crippen molar-refractivity contribution < 1.29 is 4.74 Å². The van der Waals surface area contributed by atoms with E-state index in [1.165, 1.54) is 31.4 Å². The first kappa shape index (κ1) is 15.6. The second-order valence-corrected chi connectivity index (χ2v) is 7.87. The minimum atomic E-state index is 0.275. The van der Waals surface area contributed by atoms with E-state index >= 15 is 0 Å². The van der Waals surface area contributed by atoms with Crippen LogP contribution < -0.4 is 5.32 Å². The molecule has 4 nitrogen and oxygen atoms in total. The van der Waals surface area contributed by atoms with Gasteiger partial charge in [0, 0.05) is 24.4 Å². The van der Waals surface area contributed by atoms with Crippen LogP contribution in [0.1, 0.15) is 39.5 Å². The number of aliphatic imine (C=N–C) groups is 1. The monoisotopic (exact) mass is 311 g/mol. The summed E-state index contributed by atoms with van der Waals surface area (Å²) in [6.45, 7) is 9.47. The minimum Gasteiger partial charge on any atom is -0.374 e. The van der Waals surface area contributed by atoms with Crippen LogP contribution in [0.25, 0.3) is 0 Å². The Morgan fingerprint density at radius 3 is 3.00 bits per heavy atom. The largest absolute Gasteiger partial charge is 0.374 e. The lowest BCUT2D eigenvalue weighted by Gasteiger charge is -2.35. The van der Waals surface area contributed by atoms with Gasteiger partial charge in [-0.25, -0.2) is 0 Å². The second-order valence-electron chi connectivity index (χ2n) is 6.91. The van der Waals surface area contributed by atoms with Gasteiger partial charge in [0.25, 0.3) is 0 Å². The Morgan fingerprint density at radius 2 is 2.24 bits per heavy atom. The lowest BCUT2D eigenvalue weighted by molar-refractivity contribution is -0.0209. The zero-order chi connectivity index (χ0) is 14.7. The highest BCUT2D eigenvalue weighted by Crippen LogP contribution is 2.38. The van der Waals surface area contributed by atoms with Gasteiger partial charge in [-0.05, 0) is 38.1 Å². The Hall–Kier alpha value is -0.260. The third-order valence-electron chi connectivity index (χ3n) is 5.20. The number of nitrogens with zero attached hydrogens (tertiary/aromatic N) is 2. The Kier molecular flexibility index (Phi) is 5.12. The Morgan fingerprint density at radius 1 is 1.43 bits per heavy atom. The molecule has 5 heteroatoms. The van der Waals surface area contributed by atoms with E-state index in [0.717, 1.165) is 43.9 Å². The Labute approximate surface area is 133 Å². The molecule has 0 aromatic rings. The van der Waals surface area contributed by atoms with Gasteiger partial charge in [0.05, 0.1) is 19.3 Å². The molecule has 120 valence electrons. The third kappa shape index (κ3) is 3.93. The van der Waals surface area contributed by atoms with Gasteiger partial charge < -0.3 is 10.1 Å². The molecule has 2 heterocycles. The first-order valence-corrected chi connectivity index (χ1v) is 9.47. The Bertz CT molecular complexity index is 380. The second kappa shape index (κ2) is 6.88. The molecule has 21 heavy (non-hydrogen) atoms. The molecular formula is C16H29N3OS. The Balaban J connectivity index is 1.49. The normalized spacial score (nSPS) is 39.8. The highest BCUT2D eigenvalue weighted by Gasteiger charge is 2.39. The van der Waals surface area contributed by atoms with Crippen LogP contribution in [0.3, 0.4) is 0 Å². The summed E-state index contributed by atoms with van der Waals surface area (Å²) >= 11 is 1.91. The summed E-state index contributed by atoms with van der Waals surface area (Å²) in [6, 6.07) is 0. The number of nitrogens with one attached hydrogen (secondary N) is 1. The number of morpholine rings is 1. The van der Waals surface area contributed by atoms with Crippen LogP contribution >= 0.6 is 11.8 Å². The molecule has 1 aliphatic carbocycles. The van der Waals surface area contributed by atoms with E-state index < -0.39 is 0 Å². The lowest BCUT2D eigenvalue weighted by Crippen LogP contribution is -2.46. The molecule has 1 unspecified atom stereocenters. The SMILES string of the molecule is CCN1CCOC(CN=C2NC3(CCC(C)CC3)CS2)C1. The predicted molar refractivity (Wildman–Crippen MR) is 90.1 cm³/mol. The number of likely N-dealkylation sites (N-methyl/N-ethyl adjacent to an activating group) is 1. The van der Waals surface area contributed by atoms with E-state index in [0.29, 0.717) is 5.54 Å². The van der Waals surface area contributed by atoms with Crippen LogP contribution in [-0.2, 0) is 4.74 Å². The van der Waals surface area contributed by atoms with Gasteiger partial charge in [0.1, 0.15) is 0 Å². The standard InChI is InChI=1S/C16H29N3OS/c1-3-19-8-9-20-14(11-19)10-17-15-18-16(12-21-15)6-4-13(2)5-7-16/h13-14H,3-12H2,1-2H3,(H,17,18). The van der Waals surface area contributed by atoms with Crippen molar-refractivity contribution in [2.75, 3.05) is 38.5 Å². The zero-order valence-electron chi connectivity index (χ0n) is 13.4. The maximum absolute atomic E-state index is 5.84. The van der Waals surface area contributed by atoms with E-state index in [-0.39, 0.29) is 6.10 Å². The van der Waals surface area contributed by atoms with Crippen LogP contribution in [0.5, 0.6) is 0 Å². The van der Waals surface area contributed by atoms with Crippen molar-refractivity contribution in [1.29, 1.82) is 0 Å². The van der Waals surface area contributed by atoms with Crippen molar-refractivity contribution in [3.8, 4) is 0 Å². The highest BCUT2D eigenvalue weighted by atomic mass is 32.2.